The van der Waals surface area contributed by atoms with E-state index in [0.29, 0.717) is 6.54 Å². The topological polar surface area (TPSA) is 58.4 Å². The Labute approximate surface area is 108 Å². The summed E-state index contributed by atoms with van der Waals surface area (Å²) in [5, 5.41) is 2.87. The largest absolute Gasteiger partial charge is 0.399 e. The molecular formula is C14H21N3O. The van der Waals surface area contributed by atoms with Crippen molar-refractivity contribution in [1.29, 1.82) is 0 Å². The summed E-state index contributed by atoms with van der Waals surface area (Å²) >= 11 is 0. The molecule has 18 heavy (non-hydrogen) atoms. The first-order chi connectivity index (χ1) is 8.61. The Morgan fingerprint density at radius 3 is 3.00 bits per heavy atom. The summed E-state index contributed by atoms with van der Waals surface area (Å²) in [6, 6.07) is 5.98. The number of nitrogens with one attached hydrogen (secondary N) is 1. The molecule has 0 bridgehead atoms. The third-order valence-electron chi connectivity index (χ3n) is 3.55. The van der Waals surface area contributed by atoms with Gasteiger partial charge in [-0.2, -0.15) is 0 Å². The van der Waals surface area contributed by atoms with Crippen LogP contribution in [0.3, 0.4) is 0 Å². The highest BCUT2D eigenvalue weighted by Crippen LogP contribution is 2.22. The van der Waals surface area contributed by atoms with E-state index in [1.54, 1.807) is 0 Å². The Morgan fingerprint density at radius 1 is 1.50 bits per heavy atom. The first-order valence-corrected chi connectivity index (χ1v) is 6.51. The van der Waals surface area contributed by atoms with Crippen LogP contribution < -0.4 is 11.1 Å². The van der Waals surface area contributed by atoms with Crippen LogP contribution in [0.4, 0.5) is 5.69 Å². The van der Waals surface area contributed by atoms with E-state index in [-0.39, 0.29) is 11.9 Å². The number of nitrogens with two attached hydrogens (primary N) is 1. The molecule has 1 unspecified atom stereocenters. The highest BCUT2D eigenvalue weighted by atomic mass is 16.2. The van der Waals surface area contributed by atoms with Crippen LogP contribution >= 0.6 is 0 Å². The van der Waals surface area contributed by atoms with Gasteiger partial charge < -0.3 is 11.1 Å². The molecule has 1 amide bonds. The molecule has 0 fully saturated rings. The number of carbonyl (C=O) groups excluding carboxylic acids is 1. The van der Waals surface area contributed by atoms with Crippen LogP contribution in [0.2, 0.25) is 0 Å². The van der Waals surface area contributed by atoms with E-state index in [9.17, 15) is 4.79 Å². The number of benzene rings is 1. The van der Waals surface area contributed by atoms with E-state index in [4.69, 9.17) is 5.73 Å². The number of hydrogen-bond acceptors (Lipinski definition) is 3. The van der Waals surface area contributed by atoms with Crippen LogP contribution in [0, 0.1) is 0 Å². The van der Waals surface area contributed by atoms with Gasteiger partial charge in [-0.15, -0.1) is 0 Å². The molecule has 0 aromatic heterocycles. The van der Waals surface area contributed by atoms with Crippen molar-refractivity contribution in [2.24, 2.45) is 0 Å². The lowest BCUT2D eigenvalue weighted by Crippen LogP contribution is -2.46. The van der Waals surface area contributed by atoms with Gasteiger partial charge in [-0.1, -0.05) is 6.07 Å². The van der Waals surface area contributed by atoms with Crippen molar-refractivity contribution in [1.82, 2.24) is 10.2 Å². The van der Waals surface area contributed by atoms with Crippen molar-refractivity contribution in [2.75, 3.05) is 18.8 Å². The van der Waals surface area contributed by atoms with Gasteiger partial charge in [-0.3, -0.25) is 9.69 Å². The molecule has 4 nitrogen and oxygen atoms in total. The second-order valence-corrected chi connectivity index (χ2v) is 4.82. The number of fused-ring (bicyclic) bond motifs is 1. The number of amides is 1. The number of carbonyl (C=O) groups is 1. The molecule has 98 valence electrons. The fraction of sp³-hybridized carbons (Fsp3) is 0.500. The Hall–Kier alpha value is -1.55. The lowest BCUT2D eigenvalue weighted by molar-refractivity contribution is -0.126. The van der Waals surface area contributed by atoms with Gasteiger partial charge in [-0.25, -0.2) is 0 Å². The first kappa shape index (κ1) is 12.9. The molecule has 0 saturated carbocycles. The fourth-order valence-corrected chi connectivity index (χ4v) is 2.42. The third kappa shape index (κ3) is 2.64. The van der Waals surface area contributed by atoms with E-state index >= 15 is 0 Å². The van der Waals surface area contributed by atoms with Gasteiger partial charge >= 0.3 is 0 Å². The predicted molar refractivity (Wildman–Crippen MR) is 73.1 cm³/mol. The normalized spacial score (nSPS) is 17.0. The lowest BCUT2D eigenvalue weighted by atomic mass is 9.98. The highest BCUT2D eigenvalue weighted by molar-refractivity contribution is 5.81. The Bertz CT molecular complexity index is 445. The molecule has 4 heteroatoms. The summed E-state index contributed by atoms with van der Waals surface area (Å²) in [5.41, 5.74) is 9.20. The summed E-state index contributed by atoms with van der Waals surface area (Å²) in [5.74, 6) is 0.102. The standard InChI is InChI=1S/C14H21N3O/c1-3-16-14(18)10(2)17-7-6-11-4-5-13(15)8-12(11)9-17/h4-5,8,10H,3,6-7,9,15H2,1-2H3,(H,16,18). The van der Waals surface area contributed by atoms with E-state index in [0.717, 1.165) is 25.2 Å². The Morgan fingerprint density at radius 2 is 2.28 bits per heavy atom. The molecule has 1 aliphatic heterocycles. The van der Waals surface area contributed by atoms with E-state index in [1.807, 2.05) is 26.0 Å². The van der Waals surface area contributed by atoms with Crippen molar-refractivity contribution in [2.45, 2.75) is 32.9 Å². The highest BCUT2D eigenvalue weighted by Gasteiger charge is 2.24. The molecule has 0 saturated heterocycles. The molecule has 1 aromatic rings. The van der Waals surface area contributed by atoms with Gasteiger partial charge in [0.05, 0.1) is 6.04 Å². The molecular weight excluding hydrogens is 226 g/mol. The number of rotatable bonds is 3. The van der Waals surface area contributed by atoms with E-state index in [2.05, 4.69) is 16.3 Å². The van der Waals surface area contributed by atoms with Crippen molar-refractivity contribution in [3.8, 4) is 0 Å². The average Bonchev–Trinajstić information content (AvgIpc) is 2.37. The predicted octanol–water partition coefficient (Wildman–Crippen LogP) is 1.15. The zero-order chi connectivity index (χ0) is 13.1. The smallest absolute Gasteiger partial charge is 0.237 e. The minimum absolute atomic E-state index is 0.0838. The van der Waals surface area contributed by atoms with Crippen molar-refractivity contribution in [3.63, 3.8) is 0 Å². The summed E-state index contributed by atoms with van der Waals surface area (Å²) in [6.45, 7) is 6.31. The summed E-state index contributed by atoms with van der Waals surface area (Å²) in [4.78, 5) is 14.0. The van der Waals surface area contributed by atoms with Crippen LogP contribution in [0.25, 0.3) is 0 Å². The maximum absolute atomic E-state index is 11.8. The average molecular weight is 247 g/mol. The number of likely N-dealkylation sites (N-methyl/N-ethyl adjacent to an activating group) is 1. The first-order valence-electron chi connectivity index (χ1n) is 6.51. The van der Waals surface area contributed by atoms with Crippen LogP contribution in [-0.4, -0.2) is 29.9 Å². The van der Waals surface area contributed by atoms with Crippen LogP contribution in [-0.2, 0) is 17.8 Å². The van der Waals surface area contributed by atoms with E-state index in [1.165, 1.54) is 11.1 Å². The van der Waals surface area contributed by atoms with Crippen molar-refractivity contribution >= 4 is 11.6 Å². The molecule has 0 spiro atoms. The molecule has 1 aliphatic rings. The van der Waals surface area contributed by atoms with Gasteiger partial charge in [0.15, 0.2) is 0 Å². The molecule has 0 aliphatic carbocycles. The lowest BCUT2D eigenvalue weighted by Gasteiger charge is -2.33. The number of nitrogen functional groups attached to an aromatic ring is 1. The molecule has 0 radical (unpaired) electrons. The summed E-state index contributed by atoms with van der Waals surface area (Å²) < 4.78 is 0. The third-order valence-corrected chi connectivity index (χ3v) is 3.55. The van der Waals surface area contributed by atoms with Gasteiger partial charge in [0.1, 0.15) is 0 Å². The van der Waals surface area contributed by atoms with Gasteiger partial charge in [0, 0.05) is 25.3 Å². The minimum Gasteiger partial charge on any atom is -0.399 e. The monoisotopic (exact) mass is 247 g/mol. The second kappa shape index (κ2) is 5.40. The van der Waals surface area contributed by atoms with E-state index < -0.39 is 0 Å². The Kier molecular flexibility index (Phi) is 3.87. The van der Waals surface area contributed by atoms with Crippen molar-refractivity contribution in [3.05, 3.63) is 29.3 Å². The number of anilines is 1. The minimum atomic E-state index is -0.0838. The van der Waals surface area contributed by atoms with Gasteiger partial charge in [0.2, 0.25) is 5.91 Å². The van der Waals surface area contributed by atoms with Crippen LogP contribution in [0.5, 0.6) is 0 Å². The van der Waals surface area contributed by atoms with Gasteiger partial charge in [-0.05, 0) is 43.5 Å². The quantitative estimate of drug-likeness (QED) is 0.788. The number of hydrogen-bond donors (Lipinski definition) is 2. The van der Waals surface area contributed by atoms with Crippen LogP contribution in [0.15, 0.2) is 18.2 Å². The second-order valence-electron chi connectivity index (χ2n) is 4.82. The van der Waals surface area contributed by atoms with Gasteiger partial charge in [0.25, 0.3) is 0 Å². The zero-order valence-corrected chi connectivity index (χ0v) is 11.1. The molecule has 3 N–H and O–H groups in total. The fourth-order valence-electron chi connectivity index (χ4n) is 2.42. The molecule has 1 aromatic carbocycles. The Balaban J connectivity index is 2.09. The molecule has 1 atom stereocenters. The molecule has 1 heterocycles. The maximum Gasteiger partial charge on any atom is 0.237 e. The van der Waals surface area contributed by atoms with Crippen molar-refractivity contribution < 1.29 is 4.79 Å². The summed E-state index contributed by atoms with van der Waals surface area (Å²) in [6.07, 6.45) is 0.985. The summed E-state index contributed by atoms with van der Waals surface area (Å²) in [7, 11) is 0. The molecule has 2 rings (SSSR count). The zero-order valence-electron chi connectivity index (χ0n) is 11.1. The van der Waals surface area contributed by atoms with Crippen LogP contribution in [0.1, 0.15) is 25.0 Å². The maximum atomic E-state index is 11.8. The number of nitrogens with zero attached hydrogens (tertiary/aromatic N) is 1. The SMILES string of the molecule is CCNC(=O)C(C)N1CCc2ccc(N)cc2C1.